The molecule has 4 heteroatoms. The van der Waals surface area contributed by atoms with Crippen LogP contribution < -0.4 is 5.32 Å². The fourth-order valence-electron chi connectivity index (χ4n) is 3.74. The number of benzene rings is 1. The van der Waals surface area contributed by atoms with E-state index in [2.05, 4.69) is 29.4 Å². The van der Waals surface area contributed by atoms with Crippen LogP contribution in [0.25, 0.3) is 10.9 Å². The lowest BCUT2D eigenvalue weighted by atomic mass is 9.98. The molecule has 0 radical (unpaired) electrons. The van der Waals surface area contributed by atoms with Crippen molar-refractivity contribution < 1.29 is 4.79 Å². The number of aryl methyl sites for hydroxylation is 1. The lowest BCUT2D eigenvalue weighted by Gasteiger charge is -2.16. The van der Waals surface area contributed by atoms with Crippen LogP contribution in [0.3, 0.4) is 0 Å². The molecule has 23 heavy (non-hydrogen) atoms. The van der Waals surface area contributed by atoms with Crippen LogP contribution >= 0.6 is 0 Å². The number of carbonyl (C=O) groups excluding carboxylic acids is 1. The molecule has 0 spiro atoms. The van der Waals surface area contributed by atoms with Crippen molar-refractivity contribution in [2.24, 2.45) is 11.8 Å². The van der Waals surface area contributed by atoms with Gasteiger partial charge in [-0.3, -0.25) is 9.89 Å². The van der Waals surface area contributed by atoms with Gasteiger partial charge < -0.3 is 5.32 Å². The fraction of sp³-hybridized carbons (Fsp3) is 0.579. The average Bonchev–Trinajstić information content (AvgIpc) is 3.10. The molecule has 1 aliphatic rings. The molecular weight excluding hydrogens is 286 g/mol. The SMILES string of the molecule is Cc1ccc2c(C(=O)NC(C)CCC3CCC(C)C3)n[nH]c2c1. The molecular formula is C19H27N3O. The Labute approximate surface area is 138 Å². The number of H-pyrrole nitrogens is 1. The summed E-state index contributed by atoms with van der Waals surface area (Å²) < 4.78 is 0. The van der Waals surface area contributed by atoms with Crippen LogP contribution in [-0.2, 0) is 0 Å². The molecule has 1 saturated carbocycles. The van der Waals surface area contributed by atoms with Crippen molar-refractivity contribution in [1.82, 2.24) is 15.5 Å². The zero-order valence-corrected chi connectivity index (χ0v) is 14.4. The van der Waals surface area contributed by atoms with E-state index in [0.717, 1.165) is 34.7 Å². The fourth-order valence-corrected chi connectivity index (χ4v) is 3.74. The summed E-state index contributed by atoms with van der Waals surface area (Å²) in [6.45, 7) is 6.47. The maximum Gasteiger partial charge on any atom is 0.272 e. The van der Waals surface area contributed by atoms with Gasteiger partial charge in [0, 0.05) is 11.4 Å². The summed E-state index contributed by atoms with van der Waals surface area (Å²) in [6, 6.07) is 6.19. The molecule has 3 unspecified atom stereocenters. The second kappa shape index (κ2) is 6.73. The third kappa shape index (κ3) is 3.74. The Balaban J connectivity index is 1.57. The van der Waals surface area contributed by atoms with Gasteiger partial charge in [-0.15, -0.1) is 0 Å². The molecule has 124 valence electrons. The quantitative estimate of drug-likeness (QED) is 0.869. The molecule has 2 N–H and O–H groups in total. The van der Waals surface area contributed by atoms with Crippen LogP contribution in [0.15, 0.2) is 18.2 Å². The first-order valence-corrected chi connectivity index (χ1v) is 8.78. The Bertz CT molecular complexity index is 691. The number of rotatable bonds is 5. The van der Waals surface area contributed by atoms with Gasteiger partial charge in [-0.25, -0.2) is 0 Å². The number of aromatic amines is 1. The van der Waals surface area contributed by atoms with E-state index in [1.807, 2.05) is 25.1 Å². The summed E-state index contributed by atoms with van der Waals surface area (Å²) in [6.07, 6.45) is 6.33. The molecule has 1 aromatic heterocycles. The maximum absolute atomic E-state index is 12.5. The first kappa shape index (κ1) is 16.0. The van der Waals surface area contributed by atoms with Crippen molar-refractivity contribution in [3.05, 3.63) is 29.5 Å². The van der Waals surface area contributed by atoms with Crippen molar-refractivity contribution in [1.29, 1.82) is 0 Å². The summed E-state index contributed by atoms with van der Waals surface area (Å²) in [4.78, 5) is 12.5. The summed E-state index contributed by atoms with van der Waals surface area (Å²) in [5.41, 5.74) is 2.58. The summed E-state index contributed by atoms with van der Waals surface area (Å²) in [7, 11) is 0. The first-order valence-electron chi connectivity index (χ1n) is 8.78. The molecule has 4 nitrogen and oxygen atoms in total. The molecule has 0 saturated heterocycles. The molecule has 1 amide bonds. The van der Waals surface area contributed by atoms with Crippen molar-refractivity contribution in [2.45, 2.75) is 58.9 Å². The molecule has 0 aliphatic heterocycles. The Morgan fingerprint density at radius 1 is 1.43 bits per heavy atom. The minimum Gasteiger partial charge on any atom is -0.348 e. The van der Waals surface area contributed by atoms with Gasteiger partial charge in [-0.05, 0) is 56.6 Å². The topological polar surface area (TPSA) is 57.8 Å². The summed E-state index contributed by atoms with van der Waals surface area (Å²) >= 11 is 0. The van der Waals surface area contributed by atoms with Crippen molar-refractivity contribution >= 4 is 16.8 Å². The van der Waals surface area contributed by atoms with Gasteiger partial charge in [0.15, 0.2) is 5.69 Å². The number of carbonyl (C=O) groups is 1. The smallest absolute Gasteiger partial charge is 0.272 e. The van der Waals surface area contributed by atoms with Crippen LogP contribution in [0.4, 0.5) is 0 Å². The average molecular weight is 313 g/mol. The van der Waals surface area contributed by atoms with E-state index in [-0.39, 0.29) is 11.9 Å². The molecule has 2 aromatic rings. The molecule has 1 heterocycles. The Hall–Kier alpha value is -1.84. The Kier molecular flexibility index (Phi) is 4.69. The third-order valence-electron chi connectivity index (χ3n) is 5.12. The van der Waals surface area contributed by atoms with Gasteiger partial charge in [-0.2, -0.15) is 5.10 Å². The molecule has 1 fully saturated rings. The van der Waals surface area contributed by atoms with Crippen LogP contribution in [-0.4, -0.2) is 22.1 Å². The van der Waals surface area contributed by atoms with Crippen LogP contribution in [0.2, 0.25) is 0 Å². The van der Waals surface area contributed by atoms with E-state index < -0.39 is 0 Å². The van der Waals surface area contributed by atoms with Gasteiger partial charge in [-0.1, -0.05) is 31.9 Å². The number of hydrogen-bond donors (Lipinski definition) is 2. The maximum atomic E-state index is 12.5. The second-order valence-corrected chi connectivity index (χ2v) is 7.36. The normalized spacial score (nSPS) is 22.4. The monoisotopic (exact) mass is 313 g/mol. The second-order valence-electron chi connectivity index (χ2n) is 7.36. The molecule has 1 aliphatic carbocycles. The standard InChI is InChI=1S/C19H27N3O/c1-12-4-7-15(10-12)8-6-14(3)20-19(23)18-16-9-5-13(2)11-17(16)21-22-18/h5,9,11-12,14-15H,4,6-8,10H2,1-3H3,(H,20,23)(H,21,22). The predicted octanol–water partition coefficient (Wildman–Crippen LogP) is 4.21. The van der Waals surface area contributed by atoms with Crippen LogP contribution in [0.1, 0.15) is 62.0 Å². The number of nitrogens with one attached hydrogen (secondary N) is 2. The minimum atomic E-state index is -0.0765. The van der Waals surface area contributed by atoms with E-state index in [1.54, 1.807) is 0 Å². The molecule has 3 rings (SSSR count). The number of amides is 1. The van der Waals surface area contributed by atoms with Crippen LogP contribution in [0, 0.1) is 18.8 Å². The Morgan fingerprint density at radius 3 is 3.00 bits per heavy atom. The van der Waals surface area contributed by atoms with Crippen molar-refractivity contribution in [3.8, 4) is 0 Å². The highest BCUT2D eigenvalue weighted by molar-refractivity contribution is 6.04. The number of hydrogen-bond acceptors (Lipinski definition) is 2. The van der Waals surface area contributed by atoms with E-state index in [0.29, 0.717) is 5.69 Å². The third-order valence-corrected chi connectivity index (χ3v) is 5.12. The van der Waals surface area contributed by atoms with E-state index >= 15 is 0 Å². The summed E-state index contributed by atoms with van der Waals surface area (Å²) in [5.74, 6) is 1.65. The molecule has 0 bridgehead atoms. The highest BCUT2D eigenvalue weighted by Crippen LogP contribution is 2.33. The molecule has 1 aromatic carbocycles. The van der Waals surface area contributed by atoms with E-state index in [9.17, 15) is 4.79 Å². The van der Waals surface area contributed by atoms with Gasteiger partial charge in [0.25, 0.3) is 5.91 Å². The minimum absolute atomic E-state index is 0.0765. The number of fused-ring (bicyclic) bond motifs is 1. The van der Waals surface area contributed by atoms with E-state index in [4.69, 9.17) is 0 Å². The van der Waals surface area contributed by atoms with Gasteiger partial charge >= 0.3 is 0 Å². The number of aromatic nitrogens is 2. The Morgan fingerprint density at radius 2 is 2.26 bits per heavy atom. The molecule has 3 atom stereocenters. The zero-order valence-electron chi connectivity index (χ0n) is 14.4. The van der Waals surface area contributed by atoms with Gasteiger partial charge in [0.1, 0.15) is 0 Å². The van der Waals surface area contributed by atoms with Crippen molar-refractivity contribution in [2.75, 3.05) is 0 Å². The zero-order chi connectivity index (χ0) is 16.4. The summed E-state index contributed by atoms with van der Waals surface area (Å²) in [5, 5.41) is 11.2. The predicted molar refractivity (Wildman–Crippen MR) is 93.5 cm³/mol. The number of nitrogens with zero attached hydrogens (tertiary/aromatic N) is 1. The van der Waals surface area contributed by atoms with Gasteiger partial charge in [0.05, 0.1) is 5.52 Å². The first-order chi connectivity index (χ1) is 11.0. The van der Waals surface area contributed by atoms with Crippen LogP contribution in [0.5, 0.6) is 0 Å². The largest absolute Gasteiger partial charge is 0.348 e. The van der Waals surface area contributed by atoms with Crippen molar-refractivity contribution in [3.63, 3.8) is 0 Å². The van der Waals surface area contributed by atoms with Gasteiger partial charge in [0.2, 0.25) is 0 Å². The lowest BCUT2D eigenvalue weighted by Crippen LogP contribution is -2.33. The van der Waals surface area contributed by atoms with E-state index in [1.165, 1.54) is 25.7 Å². The highest BCUT2D eigenvalue weighted by atomic mass is 16.2. The highest BCUT2D eigenvalue weighted by Gasteiger charge is 2.22. The lowest BCUT2D eigenvalue weighted by molar-refractivity contribution is 0.0933.